The normalized spacial score (nSPS) is 30.4. The van der Waals surface area contributed by atoms with Crippen LogP contribution in [-0.4, -0.2) is 45.1 Å². The molecule has 1 amide bonds. The van der Waals surface area contributed by atoms with Crippen LogP contribution in [0.25, 0.3) is 0 Å². The summed E-state index contributed by atoms with van der Waals surface area (Å²) in [5.41, 5.74) is 0.685. The average molecular weight is 358 g/mol. The maximum atomic E-state index is 13.4. The van der Waals surface area contributed by atoms with E-state index in [4.69, 9.17) is 4.74 Å². The Balaban J connectivity index is 1.54. The minimum Gasteiger partial charge on any atom is -0.361 e. The Hall–Kier alpha value is -1.53. The minimum atomic E-state index is -1.13. The number of carbonyl (C=O) groups excluding carboxylic acids is 1. The van der Waals surface area contributed by atoms with E-state index in [1.807, 2.05) is 6.07 Å². The molecule has 1 aliphatic carbocycles. The molecule has 0 N–H and O–H groups in total. The molecule has 1 aromatic heterocycles. The molecule has 3 atom stereocenters. The molecule has 3 aliphatic rings. The zero-order chi connectivity index (χ0) is 17.7. The molecular formula is C19H27N3O2Si. The van der Waals surface area contributed by atoms with Crippen LogP contribution in [0.15, 0.2) is 23.3 Å². The van der Waals surface area contributed by atoms with E-state index in [9.17, 15) is 4.79 Å². The van der Waals surface area contributed by atoms with Crippen LogP contribution in [0.5, 0.6) is 0 Å². The van der Waals surface area contributed by atoms with Crippen molar-refractivity contribution in [3.63, 3.8) is 0 Å². The second kappa shape index (κ2) is 6.02. The van der Waals surface area contributed by atoms with Crippen molar-refractivity contribution < 1.29 is 9.53 Å². The third kappa shape index (κ3) is 2.85. The Kier molecular flexibility index (Phi) is 4.07. The Labute approximate surface area is 150 Å². The standard InChI is InChI=1S/C19H27N3O2Si/c1-25(2,3)8-7-24-13-22-17-16(5-4-6-21-17)19(18(22)23)9-14-11-20-12-15(14)10-19/h4-6,11,14-15H,7-10,12-13H2,1-3H3/t14-,15+,19-/m0/s1. The molecule has 6 heteroatoms. The van der Waals surface area contributed by atoms with Gasteiger partial charge in [-0.1, -0.05) is 25.7 Å². The number of carbonyl (C=O) groups is 1. The number of anilines is 1. The lowest BCUT2D eigenvalue weighted by molar-refractivity contribution is -0.124. The lowest BCUT2D eigenvalue weighted by atomic mass is 9.79. The Morgan fingerprint density at radius 3 is 2.96 bits per heavy atom. The fourth-order valence-electron chi connectivity index (χ4n) is 4.46. The monoisotopic (exact) mass is 357 g/mol. The van der Waals surface area contributed by atoms with E-state index in [1.54, 1.807) is 11.1 Å². The van der Waals surface area contributed by atoms with Crippen molar-refractivity contribution in [3.8, 4) is 0 Å². The SMILES string of the molecule is C[Si](C)(C)CCOCN1C(=O)[C@@]2(C[C@@H]3CN=C[C@@H]3C2)c2cccnc21. The van der Waals surface area contributed by atoms with Gasteiger partial charge in [0, 0.05) is 39.2 Å². The van der Waals surface area contributed by atoms with E-state index in [0.717, 1.165) is 36.8 Å². The second-order valence-electron chi connectivity index (χ2n) is 8.88. The highest BCUT2D eigenvalue weighted by molar-refractivity contribution is 6.76. The van der Waals surface area contributed by atoms with Crippen molar-refractivity contribution >= 4 is 26.0 Å². The van der Waals surface area contributed by atoms with Gasteiger partial charge >= 0.3 is 0 Å². The molecule has 3 heterocycles. The third-order valence-electron chi connectivity index (χ3n) is 5.87. The molecular weight excluding hydrogens is 330 g/mol. The van der Waals surface area contributed by atoms with Gasteiger partial charge in [-0.15, -0.1) is 0 Å². The lowest BCUT2D eigenvalue weighted by Gasteiger charge is -2.24. The molecule has 0 radical (unpaired) electrons. The van der Waals surface area contributed by atoms with E-state index in [-0.39, 0.29) is 5.91 Å². The molecule has 4 rings (SSSR count). The minimum absolute atomic E-state index is 0.178. The van der Waals surface area contributed by atoms with Crippen LogP contribution in [-0.2, 0) is 14.9 Å². The number of hydrogen-bond acceptors (Lipinski definition) is 4. The van der Waals surface area contributed by atoms with Crippen LogP contribution in [0.2, 0.25) is 25.7 Å². The summed E-state index contributed by atoms with van der Waals surface area (Å²) < 4.78 is 5.89. The number of aliphatic imine (C=N–C) groups is 1. The number of aromatic nitrogens is 1. The number of rotatable bonds is 5. The largest absolute Gasteiger partial charge is 0.361 e. The first-order chi connectivity index (χ1) is 11.9. The van der Waals surface area contributed by atoms with Crippen molar-refractivity contribution in [3.05, 3.63) is 23.9 Å². The highest BCUT2D eigenvalue weighted by Crippen LogP contribution is 2.55. The van der Waals surface area contributed by atoms with Crippen LogP contribution in [0, 0.1) is 11.8 Å². The molecule has 1 fully saturated rings. The number of amides is 1. The highest BCUT2D eigenvalue weighted by Gasteiger charge is 2.58. The highest BCUT2D eigenvalue weighted by atomic mass is 28.3. The van der Waals surface area contributed by atoms with Crippen molar-refractivity contribution in [1.29, 1.82) is 0 Å². The summed E-state index contributed by atoms with van der Waals surface area (Å²) in [7, 11) is -1.13. The van der Waals surface area contributed by atoms with E-state index in [1.165, 1.54) is 0 Å². The van der Waals surface area contributed by atoms with Gasteiger partial charge in [-0.05, 0) is 36.8 Å². The number of pyridine rings is 1. The van der Waals surface area contributed by atoms with Crippen LogP contribution < -0.4 is 4.90 Å². The average Bonchev–Trinajstić information content (AvgIpc) is 3.18. The Morgan fingerprint density at radius 2 is 2.20 bits per heavy atom. The molecule has 1 spiro atoms. The van der Waals surface area contributed by atoms with Gasteiger partial charge in [0.1, 0.15) is 12.5 Å². The maximum Gasteiger partial charge on any atom is 0.240 e. The first-order valence-electron chi connectivity index (χ1n) is 9.26. The Bertz CT molecular complexity index is 715. The van der Waals surface area contributed by atoms with E-state index >= 15 is 0 Å². The first kappa shape index (κ1) is 16.9. The van der Waals surface area contributed by atoms with Gasteiger partial charge in [0.15, 0.2) is 0 Å². The summed E-state index contributed by atoms with van der Waals surface area (Å²) in [4.78, 5) is 24.1. The fourth-order valence-corrected chi connectivity index (χ4v) is 5.22. The zero-order valence-electron chi connectivity index (χ0n) is 15.4. The van der Waals surface area contributed by atoms with E-state index < -0.39 is 13.5 Å². The van der Waals surface area contributed by atoms with Gasteiger partial charge in [-0.3, -0.25) is 14.7 Å². The van der Waals surface area contributed by atoms with Gasteiger partial charge in [0.2, 0.25) is 5.91 Å². The zero-order valence-corrected chi connectivity index (χ0v) is 16.4. The number of hydrogen-bond donors (Lipinski definition) is 0. The molecule has 0 saturated heterocycles. The van der Waals surface area contributed by atoms with Crippen molar-refractivity contribution in [1.82, 2.24) is 4.98 Å². The molecule has 1 saturated carbocycles. The van der Waals surface area contributed by atoms with Gasteiger partial charge in [0.25, 0.3) is 0 Å². The molecule has 5 nitrogen and oxygen atoms in total. The van der Waals surface area contributed by atoms with Crippen LogP contribution in [0.1, 0.15) is 18.4 Å². The van der Waals surface area contributed by atoms with Crippen LogP contribution >= 0.6 is 0 Å². The van der Waals surface area contributed by atoms with Gasteiger partial charge in [-0.2, -0.15) is 0 Å². The number of nitrogens with zero attached hydrogens (tertiary/aromatic N) is 3. The summed E-state index contributed by atoms with van der Waals surface area (Å²) in [5.74, 6) is 1.92. The molecule has 1 aromatic rings. The summed E-state index contributed by atoms with van der Waals surface area (Å²) >= 11 is 0. The molecule has 0 unspecified atom stereocenters. The van der Waals surface area contributed by atoms with Crippen LogP contribution in [0.4, 0.5) is 5.82 Å². The molecule has 2 aliphatic heterocycles. The van der Waals surface area contributed by atoms with E-state index in [2.05, 4.69) is 41.9 Å². The molecule has 0 aromatic carbocycles. The third-order valence-corrected chi connectivity index (χ3v) is 7.57. The molecule has 25 heavy (non-hydrogen) atoms. The van der Waals surface area contributed by atoms with Crippen molar-refractivity contribution in [2.45, 2.75) is 43.9 Å². The molecule has 0 bridgehead atoms. The predicted molar refractivity (Wildman–Crippen MR) is 102 cm³/mol. The fraction of sp³-hybridized carbons (Fsp3) is 0.632. The predicted octanol–water partition coefficient (Wildman–Crippen LogP) is 3.09. The quantitative estimate of drug-likeness (QED) is 0.601. The first-order valence-corrected chi connectivity index (χ1v) is 13.0. The van der Waals surface area contributed by atoms with Gasteiger partial charge in [0.05, 0.1) is 5.41 Å². The van der Waals surface area contributed by atoms with E-state index in [0.29, 0.717) is 25.2 Å². The van der Waals surface area contributed by atoms with Gasteiger partial charge in [-0.25, -0.2) is 4.98 Å². The van der Waals surface area contributed by atoms with Crippen molar-refractivity contribution in [2.24, 2.45) is 16.8 Å². The van der Waals surface area contributed by atoms with Gasteiger partial charge < -0.3 is 4.74 Å². The second-order valence-corrected chi connectivity index (χ2v) is 14.5. The summed E-state index contributed by atoms with van der Waals surface area (Å²) in [6, 6.07) is 5.14. The summed E-state index contributed by atoms with van der Waals surface area (Å²) in [5, 5.41) is 0. The lowest BCUT2D eigenvalue weighted by Crippen LogP contribution is -2.40. The van der Waals surface area contributed by atoms with Crippen molar-refractivity contribution in [2.75, 3.05) is 24.8 Å². The number of ether oxygens (including phenoxy) is 1. The maximum absolute atomic E-state index is 13.4. The summed E-state index contributed by atoms with van der Waals surface area (Å²) in [6.07, 6.45) is 5.60. The summed E-state index contributed by atoms with van der Waals surface area (Å²) in [6.45, 7) is 8.90. The number of fused-ring (bicyclic) bond motifs is 3. The molecule has 134 valence electrons. The topological polar surface area (TPSA) is 54.8 Å². The Morgan fingerprint density at radius 1 is 1.36 bits per heavy atom. The smallest absolute Gasteiger partial charge is 0.240 e. The van der Waals surface area contributed by atoms with Crippen LogP contribution in [0.3, 0.4) is 0 Å².